The number of amides is 1. The minimum absolute atomic E-state index is 0.103. The Bertz CT molecular complexity index is 1310. The third kappa shape index (κ3) is 4.14. The number of hydrogen-bond donors (Lipinski definition) is 1. The molecule has 7 heteroatoms. The van der Waals surface area contributed by atoms with Gasteiger partial charge in [-0.1, -0.05) is 0 Å². The van der Waals surface area contributed by atoms with Crippen LogP contribution in [-0.4, -0.2) is 53.1 Å². The van der Waals surface area contributed by atoms with Crippen LogP contribution in [0.5, 0.6) is 11.5 Å². The number of rotatable bonds is 5. The normalized spacial score (nSPS) is 13.8. The average molecular weight is 443 g/mol. The fourth-order valence-electron chi connectivity index (χ4n) is 4.31. The molecule has 7 nitrogen and oxygen atoms in total. The number of nitrogens with zero attached hydrogens (tertiary/aromatic N) is 3. The number of fused-ring (bicyclic) bond motifs is 1. The SMILES string of the molecule is COc1ccc(-c2ccnc(-c3cc4cc(C(=O)N5CCCCC5)ccc4[nH]3)n2)cc1OC. The van der Waals surface area contributed by atoms with Gasteiger partial charge in [0, 0.05) is 41.3 Å². The first-order chi connectivity index (χ1) is 16.2. The molecule has 1 aliphatic heterocycles. The zero-order valence-electron chi connectivity index (χ0n) is 18.8. The molecule has 0 spiro atoms. The van der Waals surface area contributed by atoms with Gasteiger partial charge in [-0.3, -0.25) is 4.79 Å². The van der Waals surface area contributed by atoms with Gasteiger partial charge in [-0.2, -0.15) is 0 Å². The largest absolute Gasteiger partial charge is 0.493 e. The lowest BCUT2D eigenvalue weighted by atomic mass is 10.1. The molecule has 4 aromatic rings. The molecule has 5 rings (SSSR count). The fraction of sp³-hybridized carbons (Fsp3) is 0.269. The van der Waals surface area contributed by atoms with Crippen molar-refractivity contribution in [2.45, 2.75) is 19.3 Å². The van der Waals surface area contributed by atoms with E-state index in [-0.39, 0.29) is 5.91 Å². The van der Waals surface area contributed by atoms with Gasteiger partial charge in [-0.15, -0.1) is 0 Å². The van der Waals surface area contributed by atoms with Gasteiger partial charge in [-0.05, 0) is 67.8 Å². The lowest BCUT2D eigenvalue weighted by Crippen LogP contribution is -2.35. The Balaban J connectivity index is 1.45. The fourth-order valence-corrected chi connectivity index (χ4v) is 4.31. The first-order valence-corrected chi connectivity index (χ1v) is 11.1. The van der Waals surface area contributed by atoms with Crippen molar-refractivity contribution in [1.29, 1.82) is 0 Å². The molecular weight excluding hydrogens is 416 g/mol. The van der Waals surface area contributed by atoms with E-state index >= 15 is 0 Å². The van der Waals surface area contributed by atoms with E-state index in [0.29, 0.717) is 17.3 Å². The first kappa shape index (κ1) is 21.0. The van der Waals surface area contributed by atoms with E-state index in [1.807, 2.05) is 53.4 Å². The summed E-state index contributed by atoms with van der Waals surface area (Å²) in [6, 6.07) is 15.4. The van der Waals surface area contributed by atoms with E-state index in [1.54, 1.807) is 20.4 Å². The molecule has 0 radical (unpaired) electrons. The number of likely N-dealkylation sites (tertiary alicyclic amines) is 1. The number of benzene rings is 2. The van der Waals surface area contributed by atoms with Crippen LogP contribution < -0.4 is 9.47 Å². The smallest absolute Gasteiger partial charge is 0.253 e. The van der Waals surface area contributed by atoms with Gasteiger partial charge in [-0.25, -0.2) is 9.97 Å². The van der Waals surface area contributed by atoms with Crippen molar-refractivity contribution in [1.82, 2.24) is 19.9 Å². The summed E-state index contributed by atoms with van der Waals surface area (Å²) in [5.74, 6) is 2.00. The Morgan fingerprint density at radius 3 is 2.55 bits per heavy atom. The van der Waals surface area contributed by atoms with Crippen LogP contribution >= 0.6 is 0 Å². The monoisotopic (exact) mass is 442 g/mol. The van der Waals surface area contributed by atoms with Crippen LogP contribution in [0.25, 0.3) is 33.7 Å². The minimum atomic E-state index is 0.103. The molecule has 2 aromatic heterocycles. The molecule has 0 unspecified atom stereocenters. The molecule has 3 heterocycles. The Kier molecular flexibility index (Phi) is 5.69. The molecule has 0 atom stereocenters. The molecule has 1 fully saturated rings. The van der Waals surface area contributed by atoms with Gasteiger partial charge in [0.1, 0.15) is 0 Å². The highest BCUT2D eigenvalue weighted by molar-refractivity contribution is 5.99. The number of aromatic amines is 1. The van der Waals surface area contributed by atoms with Crippen LogP contribution in [0.1, 0.15) is 29.6 Å². The molecule has 0 bridgehead atoms. The summed E-state index contributed by atoms with van der Waals surface area (Å²) < 4.78 is 10.8. The van der Waals surface area contributed by atoms with Gasteiger partial charge in [0.2, 0.25) is 0 Å². The van der Waals surface area contributed by atoms with Crippen molar-refractivity contribution in [3.63, 3.8) is 0 Å². The molecule has 2 aromatic carbocycles. The highest BCUT2D eigenvalue weighted by atomic mass is 16.5. The second-order valence-corrected chi connectivity index (χ2v) is 8.17. The van der Waals surface area contributed by atoms with E-state index in [2.05, 4.69) is 9.97 Å². The molecule has 1 amide bonds. The Morgan fingerprint density at radius 1 is 0.939 bits per heavy atom. The molecule has 0 aliphatic carbocycles. The standard InChI is InChI=1S/C26H26N4O3/c1-32-23-9-7-17(16-24(23)33-2)21-10-11-27-25(29-21)22-15-19-14-18(6-8-20(19)28-22)26(31)30-12-4-3-5-13-30/h6-11,14-16,28H,3-5,12-13H2,1-2H3. The van der Waals surface area contributed by atoms with Crippen LogP contribution in [0.2, 0.25) is 0 Å². The van der Waals surface area contributed by atoms with Crippen LogP contribution in [0.3, 0.4) is 0 Å². The summed E-state index contributed by atoms with van der Waals surface area (Å²) in [6.45, 7) is 1.68. The maximum Gasteiger partial charge on any atom is 0.253 e. The van der Waals surface area contributed by atoms with Crippen molar-refractivity contribution in [2.75, 3.05) is 27.3 Å². The second kappa shape index (κ2) is 8.94. The van der Waals surface area contributed by atoms with Gasteiger partial charge in [0.25, 0.3) is 5.91 Å². The predicted octanol–water partition coefficient (Wildman–Crippen LogP) is 4.94. The molecule has 1 N–H and O–H groups in total. The Morgan fingerprint density at radius 2 is 1.76 bits per heavy atom. The van der Waals surface area contributed by atoms with Crippen LogP contribution in [0.4, 0.5) is 0 Å². The second-order valence-electron chi connectivity index (χ2n) is 8.17. The topological polar surface area (TPSA) is 80.3 Å². The van der Waals surface area contributed by atoms with E-state index in [4.69, 9.17) is 14.5 Å². The molecular formula is C26H26N4O3. The van der Waals surface area contributed by atoms with Crippen LogP contribution in [0.15, 0.2) is 54.7 Å². The van der Waals surface area contributed by atoms with E-state index in [9.17, 15) is 4.79 Å². The Labute approximate surface area is 192 Å². The van der Waals surface area contributed by atoms with Crippen molar-refractivity contribution in [2.24, 2.45) is 0 Å². The number of ether oxygens (including phenoxy) is 2. The maximum atomic E-state index is 12.9. The number of carbonyl (C=O) groups is 1. The molecule has 1 saturated heterocycles. The third-order valence-corrected chi connectivity index (χ3v) is 6.09. The minimum Gasteiger partial charge on any atom is -0.493 e. The van der Waals surface area contributed by atoms with Crippen molar-refractivity contribution in [3.05, 3.63) is 60.3 Å². The molecule has 1 aliphatic rings. The van der Waals surface area contributed by atoms with Crippen LogP contribution in [-0.2, 0) is 0 Å². The van der Waals surface area contributed by atoms with E-state index in [0.717, 1.165) is 59.3 Å². The number of hydrogen-bond acceptors (Lipinski definition) is 5. The summed E-state index contributed by atoms with van der Waals surface area (Å²) in [5.41, 5.74) is 4.15. The summed E-state index contributed by atoms with van der Waals surface area (Å²) in [5, 5.41) is 0.966. The van der Waals surface area contributed by atoms with Crippen molar-refractivity contribution >= 4 is 16.8 Å². The number of aromatic nitrogens is 3. The van der Waals surface area contributed by atoms with Gasteiger partial charge in [0.15, 0.2) is 17.3 Å². The van der Waals surface area contributed by atoms with Gasteiger partial charge < -0.3 is 19.4 Å². The zero-order chi connectivity index (χ0) is 22.8. The molecule has 33 heavy (non-hydrogen) atoms. The average Bonchev–Trinajstić information content (AvgIpc) is 3.32. The predicted molar refractivity (Wildman–Crippen MR) is 128 cm³/mol. The lowest BCUT2D eigenvalue weighted by Gasteiger charge is -2.26. The highest BCUT2D eigenvalue weighted by Crippen LogP contribution is 2.32. The molecule has 168 valence electrons. The summed E-state index contributed by atoms with van der Waals surface area (Å²) >= 11 is 0. The third-order valence-electron chi connectivity index (χ3n) is 6.09. The first-order valence-electron chi connectivity index (χ1n) is 11.1. The lowest BCUT2D eigenvalue weighted by molar-refractivity contribution is 0.0724. The Hall–Kier alpha value is -3.87. The van der Waals surface area contributed by atoms with Crippen LogP contribution in [0, 0.1) is 0 Å². The van der Waals surface area contributed by atoms with E-state index in [1.165, 1.54) is 6.42 Å². The number of H-pyrrole nitrogens is 1. The van der Waals surface area contributed by atoms with Crippen molar-refractivity contribution < 1.29 is 14.3 Å². The molecule has 0 saturated carbocycles. The number of carbonyl (C=O) groups excluding carboxylic acids is 1. The summed E-state index contributed by atoms with van der Waals surface area (Å²) in [6.07, 6.45) is 5.10. The highest BCUT2D eigenvalue weighted by Gasteiger charge is 2.19. The van der Waals surface area contributed by atoms with Gasteiger partial charge >= 0.3 is 0 Å². The number of methoxy groups -OCH3 is 2. The number of nitrogens with one attached hydrogen (secondary N) is 1. The number of piperidine rings is 1. The van der Waals surface area contributed by atoms with E-state index < -0.39 is 0 Å². The van der Waals surface area contributed by atoms with Crippen molar-refractivity contribution in [3.8, 4) is 34.3 Å². The summed E-state index contributed by atoms with van der Waals surface area (Å²) in [4.78, 5) is 27.4. The maximum absolute atomic E-state index is 12.9. The quantitative estimate of drug-likeness (QED) is 0.474. The zero-order valence-corrected chi connectivity index (χ0v) is 18.8. The summed E-state index contributed by atoms with van der Waals surface area (Å²) in [7, 11) is 3.23. The van der Waals surface area contributed by atoms with Gasteiger partial charge in [0.05, 0.1) is 25.6 Å².